The van der Waals surface area contributed by atoms with E-state index in [2.05, 4.69) is 5.16 Å². The van der Waals surface area contributed by atoms with E-state index >= 15 is 0 Å². The molecular formula is C17H17Cl2N3O4. The van der Waals surface area contributed by atoms with Crippen molar-refractivity contribution in [3.8, 4) is 5.75 Å². The van der Waals surface area contributed by atoms with E-state index in [1.165, 1.54) is 0 Å². The van der Waals surface area contributed by atoms with Crippen molar-refractivity contribution in [1.82, 2.24) is 15.0 Å². The number of amides is 2. The molecule has 0 radical (unpaired) electrons. The van der Waals surface area contributed by atoms with Crippen LogP contribution in [-0.2, 0) is 4.79 Å². The van der Waals surface area contributed by atoms with Crippen LogP contribution < -0.4 is 4.74 Å². The fourth-order valence-corrected chi connectivity index (χ4v) is 3.07. The predicted octanol–water partition coefficient (Wildman–Crippen LogP) is 2.65. The van der Waals surface area contributed by atoms with Crippen LogP contribution in [0, 0.1) is 6.92 Å². The molecule has 0 bridgehead atoms. The Hall–Kier alpha value is -2.25. The molecule has 138 valence electrons. The average Bonchev–Trinajstić information content (AvgIpc) is 3.06. The molecule has 2 heterocycles. The molecule has 9 heteroatoms. The Balaban J connectivity index is 1.49. The minimum atomic E-state index is -0.196. The first kappa shape index (κ1) is 18.5. The van der Waals surface area contributed by atoms with Gasteiger partial charge >= 0.3 is 0 Å². The molecule has 0 saturated carbocycles. The summed E-state index contributed by atoms with van der Waals surface area (Å²) in [6.07, 6.45) is 0. The third kappa shape index (κ3) is 4.28. The molecule has 2 aromatic rings. The first-order valence-corrected chi connectivity index (χ1v) is 8.78. The number of ether oxygens (including phenoxy) is 1. The number of rotatable bonds is 4. The number of carbonyl (C=O) groups excluding carboxylic acids is 2. The maximum absolute atomic E-state index is 12.3. The van der Waals surface area contributed by atoms with Gasteiger partial charge in [0.15, 0.2) is 12.3 Å². The van der Waals surface area contributed by atoms with E-state index in [4.69, 9.17) is 32.5 Å². The monoisotopic (exact) mass is 397 g/mol. The van der Waals surface area contributed by atoms with Gasteiger partial charge < -0.3 is 19.1 Å². The molecule has 1 saturated heterocycles. The smallest absolute Gasteiger partial charge is 0.276 e. The lowest BCUT2D eigenvalue weighted by Crippen LogP contribution is -2.51. The number of nitrogens with zero attached hydrogens (tertiary/aromatic N) is 3. The van der Waals surface area contributed by atoms with Gasteiger partial charge in [-0.1, -0.05) is 28.4 Å². The predicted molar refractivity (Wildman–Crippen MR) is 95.7 cm³/mol. The molecule has 1 aliphatic heterocycles. The van der Waals surface area contributed by atoms with Crippen molar-refractivity contribution in [3.05, 3.63) is 45.8 Å². The molecule has 1 aromatic carbocycles. The van der Waals surface area contributed by atoms with Crippen molar-refractivity contribution in [2.24, 2.45) is 0 Å². The molecule has 1 aliphatic rings. The molecule has 1 fully saturated rings. The Kier molecular flexibility index (Phi) is 5.68. The topological polar surface area (TPSA) is 75.9 Å². The van der Waals surface area contributed by atoms with E-state index in [1.807, 2.05) is 0 Å². The van der Waals surface area contributed by atoms with Gasteiger partial charge in [-0.05, 0) is 25.1 Å². The number of aromatic nitrogens is 1. The molecule has 26 heavy (non-hydrogen) atoms. The largest absolute Gasteiger partial charge is 0.482 e. The van der Waals surface area contributed by atoms with Crippen LogP contribution >= 0.6 is 23.2 Å². The van der Waals surface area contributed by atoms with Crippen LogP contribution in [-0.4, -0.2) is 59.6 Å². The van der Waals surface area contributed by atoms with Gasteiger partial charge in [0, 0.05) is 37.3 Å². The minimum absolute atomic E-state index is 0.127. The Morgan fingerprint density at radius 2 is 1.85 bits per heavy atom. The van der Waals surface area contributed by atoms with Crippen molar-refractivity contribution < 1.29 is 18.8 Å². The first-order valence-electron chi connectivity index (χ1n) is 8.02. The van der Waals surface area contributed by atoms with E-state index < -0.39 is 0 Å². The van der Waals surface area contributed by atoms with E-state index in [0.29, 0.717) is 47.7 Å². The standard InChI is InChI=1S/C17H17Cl2N3O4/c1-11-8-14(20-26-11)17(24)22-6-4-21(5-7-22)16(23)10-25-15-3-2-12(18)9-13(15)19/h2-3,8-9H,4-7,10H2,1H3. The lowest BCUT2D eigenvalue weighted by molar-refractivity contribution is -0.134. The van der Waals surface area contributed by atoms with Gasteiger partial charge in [-0.25, -0.2) is 0 Å². The third-order valence-corrected chi connectivity index (χ3v) is 4.54. The van der Waals surface area contributed by atoms with Gasteiger partial charge in [-0.15, -0.1) is 0 Å². The van der Waals surface area contributed by atoms with Crippen molar-refractivity contribution in [3.63, 3.8) is 0 Å². The normalized spacial score (nSPS) is 14.4. The fraction of sp³-hybridized carbons (Fsp3) is 0.353. The van der Waals surface area contributed by atoms with Crippen LogP contribution in [0.4, 0.5) is 0 Å². The van der Waals surface area contributed by atoms with Crippen molar-refractivity contribution in [2.75, 3.05) is 32.8 Å². The molecule has 7 nitrogen and oxygen atoms in total. The Bertz CT molecular complexity index is 816. The highest BCUT2D eigenvalue weighted by Gasteiger charge is 2.26. The number of benzene rings is 1. The van der Waals surface area contributed by atoms with Crippen molar-refractivity contribution in [2.45, 2.75) is 6.92 Å². The summed E-state index contributed by atoms with van der Waals surface area (Å²) in [6, 6.07) is 6.42. The van der Waals surface area contributed by atoms with Crippen LogP contribution in [0.1, 0.15) is 16.2 Å². The van der Waals surface area contributed by atoms with Gasteiger partial charge in [-0.3, -0.25) is 9.59 Å². The molecule has 1 aromatic heterocycles. The van der Waals surface area contributed by atoms with Crippen LogP contribution in [0.5, 0.6) is 5.75 Å². The summed E-state index contributed by atoms with van der Waals surface area (Å²) in [7, 11) is 0. The number of halogens is 2. The summed E-state index contributed by atoms with van der Waals surface area (Å²) in [5.74, 6) is 0.623. The van der Waals surface area contributed by atoms with Crippen molar-refractivity contribution in [1.29, 1.82) is 0 Å². The van der Waals surface area contributed by atoms with Gasteiger partial charge in [0.25, 0.3) is 11.8 Å². The third-order valence-electron chi connectivity index (χ3n) is 4.01. The second kappa shape index (κ2) is 7.97. The molecule has 0 aliphatic carbocycles. The fourth-order valence-electron chi connectivity index (χ4n) is 2.61. The zero-order valence-electron chi connectivity index (χ0n) is 14.1. The van der Waals surface area contributed by atoms with Gasteiger partial charge in [0.05, 0.1) is 5.02 Å². The molecular weight excluding hydrogens is 381 g/mol. The van der Waals surface area contributed by atoms with Gasteiger partial charge in [0.2, 0.25) is 0 Å². The first-order chi connectivity index (χ1) is 12.4. The summed E-state index contributed by atoms with van der Waals surface area (Å²) in [5.41, 5.74) is 0.281. The molecule has 0 atom stereocenters. The maximum atomic E-state index is 12.3. The van der Waals surface area contributed by atoms with Crippen LogP contribution in [0.2, 0.25) is 10.0 Å². The van der Waals surface area contributed by atoms with Crippen LogP contribution in [0.3, 0.4) is 0 Å². The van der Waals surface area contributed by atoms with Gasteiger partial charge in [0.1, 0.15) is 11.5 Å². The van der Waals surface area contributed by atoms with Crippen LogP contribution in [0.15, 0.2) is 28.8 Å². The van der Waals surface area contributed by atoms with Gasteiger partial charge in [-0.2, -0.15) is 0 Å². The second-order valence-corrected chi connectivity index (χ2v) is 6.70. The number of hydrogen-bond donors (Lipinski definition) is 0. The summed E-state index contributed by atoms with van der Waals surface area (Å²) in [6.45, 7) is 3.32. The SMILES string of the molecule is Cc1cc(C(=O)N2CCN(C(=O)COc3ccc(Cl)cc3Cl)CC2)no1. The van der Waals surface area contributed by atoms with E-state index in [1.54, 1.807) is 41.0 Å². The summed E-state index contributed by atoms with van der Waals surface area (Å²) >= 11 is 11.8. The van der Waals surface area contributed by atoms with Crippen LogP contribution in [0.25, 0.3) is 0 Å². The van der Waals surface area contributed by atoms with E-state index in [0.717, 1.165) is 0 Å². The summed E-state index contributed by atoms with van der Waals surface area (Å²) in [5, 5.41) is 4.58. The highest BCUT2D eigenvalue weighted by atomic mass is 35.5. The highest BCUT2D eigenvalue weighted by molar-refractivity contribution is 6.35. The van der Waals surface area contributed by atoms with E-state index in [9.17, 15) is 9.59 Å². The molecule has 0 spiro atoms. The maximum Gasteiger partial charge on any atom is 0.276 e. The Labute approximate surface area is 160 Å². The lowest BCUT2D eigenvalue weighted by Gasteiger charge is -2.34. The number of aryl methyl sites for hydroxylation is 1. The summed E-state index contributed by atoms with van der Waals surface area (Å²) < 4.78 is 10.4. The highest BCUT2D eigenvalue weighted by Crippen LogP contribution is 2.27. The zero-order valence-corrected chi connectivity index (χ0v) is 15.6. The number of hydrogen-bond acceptors (Lipinski definition) is 5. The average molecular weight is 398 g/mol. The molecule has 0 N–H and O–H groups in total. The molecule has 3 rings (SSSR count). The number of carbonyl (C=O) groups is 2. The minimum Gasteiger partial charge on any atom is -0.482 e. The number of piperazine rings is 1. The lowest BCUT2D eigenvalue weighted by atomic mass is 10.2. The second-order valence-electron chi connectivity index (χ2n) is 5.86. The Morgan fingerprint density at radius 1 is 1.15 bits per heavy atom. The van der Waals surface area contributed by atoms with E-state index in [-0.39, 0.29) is 24.1 Å². The Morgan fingerprint density at radius 3 is 2.46 bits per heavy atom. The quantitative estimate of drug-likeness (QED) is 0.792. The molecule has 0 unspecified atom stereocenters. The van der Waals surface area contributed by atoms with Crippen molar-refractivity contribution >= 4 is 35.0 Å². The zero-order chi connectivity index (χ0) is 18.7. The molecule has 2 amide bonds. The summed E-state index contributed by atoms with van der Waals surface area (Å²) in [4.78, 5) is 27.9.